The van der Waals surface area contributed by atoms with E-state index in [-0.39, 0.29) is 0 Å². The lowest BCUT2D eigenvalue weighted by Crippen LogP contribution is -2.31. The van der Waals surface area contributed by atoms with Crippen molar-refractivity contribution < 1.29 is 9.90 Å². The zero-order valence-electron chi connectivity index (χ0n) is 16.7. The third-order valence-electron chi connectivity index (χ3n) is 4.87. The van der Waals surface area contributed by atoms with Gasteiger partial charge in [0, 0.05) is 17.9 Å². The number of carbonyl (C=O) groups is 1. The van der Waals surface area contributed by atoms with Crippen LogP contribution in [-0.4, -0.2) is 16.1 Å². The van der Waals surface area contributed by atoms with E-state index in [2.05, 4.69) is 13.8 Å². The quantitative estimate of drug-likeness (QED) is 0.807. The Morgan fingerprint density at radius 3 is 2.23 bits per heavy atom. The van der Waals surface area contributed by atoms with Crippen LogP contribution < -0.4 is 5.73 Å². The third-order valence-corrected chi connectivity index (χ3v) is 4.87. The summed E-state index contributed by atoms with van der Waals surface area (Å²) in [7, 11) is 0. The summed E-state index contributed by atoms with van der Waals surface area (Å²) >= 11 is 0. The van der Waals surface area contributed by atoms with Crippen LogP contribution in [0.4, 0.5) is 0 Å². The second-order valence-electron chi connectivity index (χ2n) is 7.97. The Morgan fingerprint density at radius 1 is 1.19 bits per heavy atom. The van der Waals surface area contributed by atoms with Gasteiger partial charge in [-0.15, -0.1) is 0 Å². The van der Waals surface area contributed by atoms with Gasteiger partial charge in [-0.25, -0.2) is 0 Å². The van der Waals surface area contributed by atoms with Gasteiger partial charge in [-0.2, -0.15) is 0 Å². The molecule has 1 aromatic carbocycles. The van der Waals surface area contributed by atoms with E-state index < -0.39 is 11.4 Å². The molecule has 4 heteroatoms. The average molecular weight is 354 g/mol. The second kappa shape index (κ2) is 7.58. The maximum atomic E-state index is 12.0. The van der Waals surface area contributed by atoms with Crippen LogP contribution in [0.2, 0.25) is 0 Å². The van der Waals surface area contributed by atoms with E-state index in [0.717, 1.165) is 45.6 Å². The topological polar surface area (TPSA) is 76.2 Å². The van der Waals surface area contributed by atoms with E-state index in [0.29, 0.717) is 12.5 Å². The number of nitrogens with zero attached hydrogens (tertiary/aromatic N) is 1. The molecule has 140 valence electrons. The summed E-state index contributed by atoms with van der Waals surface area (Å²) in [5.41, 5.74) is 11.6. The van der Waals surface area contributed by atoms with Crippen LogP contribution in [0, 0.1) is 19.8 Å². The summed E-state index contributed by atoms with van der Waals surface area (Å²) < 4.78 is 0. The zero-order chi connectivity index (χ0) is 19.6. The van der Waals surface area contributed by atoms with Crippen LogP contribution in [0.1, 0.15) is 55.8 Å². The molecule has 0 aliphatic heterocycles. The molecule has 0 unspecified atom stereocenters. The van der Waals surface area contributed by atoms with Crippen molar-refractivity contribution in [1.29, 1.82) is 0 Å². The van der Waals surface area contributed by atoms with E-state index in [9.17, 15) is 9.90 Å². The van der Waals surface area contributed by atoms with Crippen LogP contribution in [0.25, 0.3) is 11.1 Å². The molecule has 26 heavy (non-hydrogen) atoms. The van der Waals surface area contributed by atoms with E-state index in [1.807, 2.05) is 38.1 Å². The number of hydrogen-bond donors (Lipinski definition) is 2. The molecule has 0 saturated heterocycles. The molecule has 0 radical (unpaired) electrons. The molecule has 4 nitrogen and oxygen atoms in total. The molecule has 2 aromatic rings. The number of rotatable bonds is 6. The van der Waals surface area contributed by atoms with Crippen molar-refractivity contribution in [2.45, 2.75) is 59.9 Å². The molecule has 2 rings (SSSR count). The van der Waals surface area contributed by atoms with Crippen molar-refractivity contribution in [2.75, 3.05) is 0 Å². The Kier molecular flexibility index (Phi) is 5.87. The van der Waals surface area contributed by atoms with Crippen molar-refractivity contribution in [2.24, 2.45) is 11.7 Å². The molecule has 0 bridgehead atoms. The molecule has 1 aromatic heterocycles. The standard InChI is InChI=1S/C22H30N2O2/c1-13(2)11-18-17(12-23)19(16-9-7-14(3)8-10-16)20(15(4)24-18)22(5,6)21(25)26/h7-10,13H,11-12,23H2,1-6H3,(H,25,26). The van der Waals surface area contributed by atoms with Crippen molar-refractivity contribution in [3.63, 3.8) is 0 Å². The molecule has 0 fully saturated rings. The van der Waals surface area contributed by atoms with Crippen LogP contribution in [-0.2, 0) is 23.2 Å². The van der Waals surface area contributed by atoms with Crippen molar-refractivity contribution in [3.8, 4) is 11.1 Å². The first-order chi connectivity index (χ1) is 12.1. The number of carboxylic acid groups (broad SMARTS) is 1. The monoisotopic (exact) mass is 354 g/mol. The predicted molar refractivity (Wildman–Crippen MR) is 106 cm³/mol. The number of aliphatic carboxylic acids is 1. The van der Waals surface area contributed by atoms with Gasteiger partial charge in [0.1, 0.15) is 0 Å². The maximum Gasteiger partial charge on any atom is 0.313 e. The normalized spacial score (nSPS) is 11.8. The molecule has 0 atom stereocenters. The molecule has 0 spiro atoms. The Bertz CT molecular complexity index is 806. The highest BCUT2D eigenvalue weighted by molar-refractivity contribution is 5.86. The Balaban J connectivity index is 2.91. The van der Waals surface area contributed by atoms with Gasteiger partial charge in [0.05, 0.1) is 5.41 Å². The van der Waals surface area contributed by atoms with E-state index in [1.165, 1.54) is 0 Å². The minimum absolute atomic E-state index is 0.335. The van der Waals surface area contributed by atoms with Crippen molar-refractivity contribution >= 4 is 5.97 Å². The van der Waals surface area contributed by atoms with Gasteiger partial charge in [0.15, 0.2) is 0 Å². The van der Waals surface area contributed by atoms with Gasteiger partial charge >= 0.3 is 5.97 Å². The fraction of sp³-hybridized carbons (Fsp3) is 0.455. The van der Waals surface area contributed by atoms with Crippen LogP contribution in [0.3, 0.4) is 0 Å². The van der Waals surface area contributed by atoms with Crippen LogP contribution in [0.15, 0.2) is 24.3 Å². The van der Waals surface area contributed by atoms with Gasteiger partial charge in [-0.1, -0.05) is 43.7 Å². The van der Waals surface area contributed by atoms with Gasteiger partial charge in [0.2, 0.25) is 0 Å². The fourth-order valence-corrected chi connectivity index (χ4v) is 3.49. The smallest absolute Gasteiger partial charge is 0.313 e. The first-order valence-corrected chi connectivity index (χ1v) is 9.12. The molecule has 3 N–H and O–H groups in total. The SMILES string of the molecule is Cc1ccc(-c2c(CN)c(CC(C)C)nc(C)c2C(C)(C)C(=O)O)cc1. The van der Waals surface area contributed by atoms with Crippen LogP contribution in [0.5, 0.6) is 0 Å². The summed E-state index contributed by atoms with van der Waals surface area (Å²) in [6, 6.07) is 8.18. The first-order valence-electron chi connectivity index (χ1n) is 9.12. The predicted octanol–water partition coefficient (Wildman–Crippen LogP) is 4.38. The lowest BCUT2D eigenvalue weighted by molar-refractivity contribution is -0.142. The summed E-state index contributed by atoms with van der Waals surface area (Å²) in [4.78, 5) is 16.8. The van der Waals surface area contributed by atoms with Gasteiger partial charge in [-0.05, 0) is 62.3 Å². The Labute approximate surface area is 156 Å². The molecular formula is C22H30N2O2. The molecule has 1 heterocycles. The molecule has 0 amide bonds. The summed E-state index contributed by atoms with van der Waals surface area (Å²) in [5.74, 6) is -0.424. The minimum Gasteiger partial charge on any atom is -0.481 e. The average Bonchev–Trinajstić information content (AvgIpc) is 2.54. The summed E-state index contributed by atoms with van der Waals surface area (Å²) in [6.45, 7) is 12.1. The van der Waals surface area contributed by atoms with Gasteiger partial charge in [0.25, 0.3) is 0 Å². The number of nitrogens with two attached hydrogens (primary N) is 1. The molecule has 0 saturated carbocycles. The minimum atomic E-state index is -1.06. The maximum absolute atomic E-state index is 12.0. The summed E-state index contributed by atoms with van der Waals surface area (Å²) in [6.07, 6.45) is 0.819. The number of aryl methyl sites for hydroxylation is 2. The number of hydrogen-bond acceptors (Lipinski definition) is 3. The highest BCUT2D eigenvalue weighted by atomic mass is 16.4. The highest BCUT2D eigenvalue weighted by Crippen LogP contribution is 2.39. The number of carboxylic acids is 1. The number of pyridine rings is 1. The lowest BCUT2D eigenvalue weighted by atomic mass is 9.77. The van der Waals surface area contributed by atoms with Gasteiger partial charge < -0.3 is 10.8 Å². The highest BCUT2D eigenvalue weighted by Gasteiger charge is 2.36. The van der Waals surface area contributed by atoms with Crippen molar-refractivity contribution in [1.82, 2.24) is 4.98 Å². The van der Waals surface area contributed by atoms with Crippen LogP contribution >= 0.6 is 0 Å². The molecule has 0 aliphatic rings. The lowest BCUT2D eigenvalue weighted by Gasteiger charge is -2.28. The van der Waals surface area contributed by atoms with Crippen molar-refractivity contribution in [3.05, 3.63) is 52.3 Å². The first kappa shape index (κ1) is 20.1. The van der Waals surface area contributed by atoms with Gasteiger partial charge in [-0.3, -0.25) is 9.78 Å². The zero-order valence-corrected chi connectivity index (χ0v) is 16.7. The Hall–Kier alpha value is -2.20. The fourth-order valence-electron chi connectivity index (χ4n) is 3.49. The number of aromatic nitrogens is 1. The molecular weight excluding hydrogens is 324 g/mol. The Morgan fingerprint density at radius 2 is 1.77 bits per heavy atom. The van der Waals surface area contributed by atoms with E-state index in [4.69, 9.17) is 10.7 Å². The summed E-state index contributed by atoms with van der Waals surface area (Å²) in [5, 5.41) is 9.85. The van der Waals surface area contributed by atoms with E-state index >= 15 is 0 Å². The largest absolute Gasteiger partial charge is 0.481 e. The molecule has 0 aliphatic carbocycles. The number of benzene rings is 1. The van der Waals surface area contributed by atoms with E-state index in [1.54, 1.807) is 13.8 Å². The second-order valence-corrected chi connectivity index (χ2v) is 7.97. The third kappa shape index (κ3) is 3.80.